The maximum atomic E-state index is 14.9. The van der Waals surface area contributed by atoms with Crippen molar-refractivity contribution >= 4 is 75.2 Å². The van der Waals surface area contributed by atoms with E-state index in [4.69, 9.17) is 23.7 Å². The molecular weight excluding hydrogens is 904 g/mol. The molecule has 0 aromatic heterocycles. The lowest BCUT2D eigenvalue weighted by Gasteiger charge is -2.44. The van der Waals surface area contributed by atoms with E-state index in [0.29, 0.717) is 44.4 Å². The Labute approximate surface area is 390 Å². The first-order valence-corrected chi connectivity index (χ1v) is 22.3. The van der Waals surface area contributed by atoms with Gasteiger partial charge in [0, 0.05) is 27.1 Å². The smallest absolute Gasteiger partial charge is 0.238 e. The number of nitrogens with zero attached hydrogens (tertiary/aromatic N) is 2. The standard InChI is InChI=1S/C53H47BrN2O10/c1-62-36-18-22-43(64-3)31(24-36)12-6-29-8-14-34(15-9-29)55-50(58)39-21-20-38-40(47(39)52(55)60)28-42-48(46(38)41-26-33(54)27-45(66-5)49(41)57)53(61)56(51(42)59)35-16-10-30(11-17-35)7-13-32-25-37(63-2)19-23-44(32)65-4/h6-20,22-27,39-40,42,46-48,57H,21,28H2,1-5H3/t39-,40+,42+,46+,47-,48+/m0/s1. The molecule has 336 valence electrons. The highest BCUT2D eigenvalue weighted by Gasteiger charge is 2.62. The molecule has 2 heterocycles. The molecule has 4 amide bonds. The number of hydrogen-bond donors (Lipinski definition) is 1. The van der Waals surface area contributed by atoms with E-state index in [9.17, 15) is 24.3 Å². The maximum Gasteiger partial charge on any atom is 0.238 e. The normalized spacial score (nSPS) is 22.4. The molecule has 2 saturated heterocycles. The number of allylic oxidation sites excluding steroid dienone is 2. The SMILES string of the molecule is COc1ccc(OC)c(C=Cc2ccc(N3C(=O)[C@H]4[C@H](CC=C5[C@H]4C[C@H]4C(=O)N(c6ccc(C=Cc7cc(OC)ccc7OC)cc6)C(=O)[C@H]4[C@H]5c4cc(Br)cc(OC)c4O)C3=O)cc2)c1. The zero-order valence-electron chi connectivity index (χ0n) is 36.9. The number of fused-ring (bicyclic) bond motifs is 4. The quantitative estimate of drug-likeness (QED) is 0.0731. The molecule has 0 radical (unpaired) electrons. The van der Waals surface area contributed by atoms with Crippen molar-refractivity contribution in [2.24, 2.45) is 29.6 Å². The molecule has 13 heteroatoms. The molecule has 2 aliphatic heterocycles. The van der Waals surface area contributed by atoms with Crippen molar-refractivity contribution in [3.63, 3.8) is 0 Å². The first-order chi connectivity index (χ1) is 32.0. The van der Waals surface area contributed by atoms with Crippen molar-refractivity contribution in [2.45, 2.75) is 18.8 Å². The van der Waals surface area contributed by atoms with Gasteiger partial charge in [-0.1, -0.05) is 76.1 Å². The molecule has 12 nitrogen and oxygen atoms in total. The molecule has 0 bridgehead atoms. The van der Waals surface area contributed by atoms with Crippen LogP contribution < -0.4 is 33.5 Å². The fraction of sp³-hybridized carbons (Fsp3) is 0.245. The van der Waals surface area contributed by atoms with Crippen LogP contribution in [0.1, 0.15) is 46.6 Å². The highest BCUT2D eigenvalue weighted by molar-refractivity contribution is 9.10. The summed E-state index contributed by atoms with van der Waals surface area (Å²) in [5, 5.41) is 11.7. The van der Waals surface area contributed by atoms with E-state index < -0.39 is 47.3 Å². The number of carbonyl (C=O) groups is 4. The Morgan fingerprint density at radius 3 is 1.55 bits per heavy atom. The number of imide groups is 2. The number of methoxy groups -OCH3 is 5. The van der Waals surface area contributed by atoms with Gasteiger partial charge in [-0.2, -0.15) is 0 Å². The zero-order valence-corrected chi connectivity index (χ0v) is 38.5. The van der Waals surface area contributed by atoms with Gasteiger partial charge in [0.15, 0.2) is 11.5 Å². The number of ether oxygens (including phenoxy) is 5. The van der Waals surface area contributed by atoms with Crippen molar-refractivity contribution in [3.8, 4) is 34.5 Å². The second kappa shape index (κ2) is 18.0. The second-order valence-electron chi connectivity index (χ2n) is 16.7. The van der Waals surface area contributed by atoms with E-state index in [2.05, 4.69) is 15.9 Å². The van der Waals surface area contributed by atoms with E-state index in [1.165, 1.54) is 16.9 Å². The van der Waals surface area contributed by atoms with Gasteiger partial charge in [-0.15, -0.1) is 0 Å². The Morgan fingerprint density at radius 1 is 0.545 bits per heavy atom. The number of benzene rings is 5. The summed E-state index contributed by atoms with van der Waals surface area (Å²) in [7, 11) is 7.84. The average Bonchev–Trinajstić information content (AvgIpc) is 3.75. The van der Waals surface area contributed by atoms with Crippen LogP contribution in [0.2, 0.25) is 0 Å². The van der Waals surface area contributed by atoms with Gasteiger partial charge in [-0.3, -0.25) is 29.0 Å². The molecule has 1 N–H and O–H groups in total. The van der Waals surface area contributed by atoms with Gasteiger partial charge in [0.2, 0.25) is 23.6 Å². The molecule has 0 unspecified atom stereocenters. The zero-order chi connectivity index (χ0) is 46.4. The summed E-state index contributed by atoms with van der Waals surface area (Å²) < 4.78 is 28.0. The van der Waals surface area contributed by atoms with Crippen LogP contribution in [-0.2, 0) is 19.2 Å². The molecule has 5 aromatic rings. The minimum Gasteiger partial charge on any atom is -0.504 e. The number of rotatable bonds is 12. The lowest BCUT2D eigenvalue weighted by molar-refractivity contribution is -0.126. The van der Waals surface area contributed by atoms with E-state index in [-0.39, 0.29) is 36.2 Å². The number of anilines is 2. The lowest BCUT2D eigenvalue weighted by atomic mass is 9.57. The van der Waals surface area contributed by atoms with Crippen molar-refractivity contribution in [2.75, 3.05) is 45.3 Å². The number of hydrogen-bond acceptors (Lipinski definition) is 10. The van der Waals surface area contributed by atoms with Gasteiger partial charge in [0.25, 0.3) is 0 Å². The van der Waals surface area contributed by atoms with Gasteiger partial charge in [0.05, 0.1) is 70.6 Å². The largest absolute Gasteiger partial charge is 0.504 e. The lowest BCUT2D eigenvalue weighted by Crippen LogP contribution is -2.43. The summed E-state index contributed by atoms with van der Waals surface area (Å²) >= 11 is 3.56. The van der Waals surface area contributed by atoms with Crippen LogP contribution in [-0.4, -0.2) is 64.3 Å². The average molecular weight is 952 g/mol. The monoisotopic (exact) mass is 950 g/mol. The fourth-order valence-corrected chi connectivity index (χ4v) is 10.7. The first kappa shape index (κ1) is 44.1. The highest BCUT2D eigenvalue weighted by atomic mass is 79.9. The number of phenolic OH excluding ortho intramolecular Hbond substituents is 1. The van der Waals surface area contributed by atoms with Crippen LogP contribution in [0, 0.1) is 29.6 Å². The van der Waals surface area contributed by atoms with Gasteiger partial charge in [-0.05, 0) is 103 Å². The summed E-state index contributed by atoms with van der Waals surface area (Å²) in [6, 6.07) is 28.7. The van der Waals surface area contributed by atoms with Crippen LogP contribution in [0.25, 0.3) is 24.3 Å². The number of carbonyl (C=O) groups excluding carboxylic acids is 4. The molecule has 1 saturated carbocycles. The molecule has 9 rings (SSSR count). The summed E-state index contributed by atoms with van der Waals surface area (Å²) in [4.78, 5) is 61.1. The van der Waals surface area contributed by atoms with Crippen LogP contribution in [0.4, 0.5) is 11.4 Å². The topological polar surface area (TPSA) is 141 Å². The van der Waals surface area contributed by atoms with Crippen molar-refractivity contribution < 1.29 is 48.0 Å². The third kappa shape index (κ3) is 7.70. The van der Waals surface area contributed by atoms with Gasteiger partial charge in [-0.25, -0.2) is 0 Å². The Kier molecular flexibility index (Phi) is 12.1. The third-order valence-electron chi connectivity index (χ3n) is 13.4. The first-order valence-electron chi connectivity index (χ1n) is 21.5. The fourth-order valence-electron chi connectivity index (χ4n) is 10.2. The van der Waals surface area contributed by atoms with Crippen LogP contribution in [0.15, 0.2) is 113 Å². The predicted molar refractivity (Wildman–Crippen MR) is 255 cm³/mol. The van der Waals surface area contributed by atoms with E-state index in [0.717, 1.165) is 27.8 Å². The molecule has 3 fully saturated rings. The third-order valence-corrected chi connectivity index (χ3v) is 13.8. The highest BCUT2D eigenvalue weighted by Crippen LogP contribution is 2.60. The molecular formula is C53H47BrN2O10. The maximum absolute atomic E-state index is 14.9. The van der Waals surface area contributed by atoms with E-state index in [1.807, 2.05) is 91.0 Å². The summed E-state index contributed by atoms with van der Waals surface area (Å²) in [6.45, 7) is 0. The van der Waals surface area contributed by atoms with Gasteiger partial charge < -0.3 is 28.8 Å². The molecule has 66 heavy (non-hydrogen) atoms. The van der Waals surface area contributed by atoms with Crippen LogP contribution >= 0.6 is 15.9 Å². The van der Waals surface area contributed by atoms with Crippen molar-refractivity contribution in [1.29, 1.82) is 0 Å². The van der Waals surface area contributed by atoms with E-state index in [1.54, 1.807) is 64.8 Å². The van der Waals surface area contributed by atoms with Crippen molar-refractivity contribution in [1.82, 2.24) is 0 Å². The number of aromatic hydroxyl groups is 1. The molecule has 6 atom stereocenters. The van der Waals surface area contributed by atoms with Crippen LogP contribution in [0.5, 0.6) is 34.5 Å². The predicted octanol–water partition coefficient (Wildman–Crippen LogP) is 9.58. The van der Waals surface area contributed by atoms with Crippen molar-refractivity contribution in [3.05, 3.63) is 141 Å². The summed E-state index contributed by atoms with van der Waals surface area (Å²) in [5.74, 6) is -3.31. The van der Waals surface area contributed by atoms with Gasteiger partial charge >= 0.3 is 0 Å². The Balaban J connectivity index is 1.02. The molecule has 4 aliphatic rings. The summed E-state index contributed by atoms with van der Waals surface area (Å²) in [5.41, 5.74) is 5.27. The number of halogens is 1. The van der Waals surface area contributed by atoms with Crippen LogP contribution in [0.3, 0.4) is 0 Å². The minimum atomic E-state index is -0.901. The van der Waals surface area contributed by atoms with Gasteiger partial charge in [0.1, 0.15) is 23.0 Å². The minimum absolute atomic E-state index is 0.162. The molecule has 2 aliphatic carbocycles. The van der Waals surface area contributed by atoms with E-state index >= 15 is 0 Å². The number of phenols is 1. The number of amides is 4. The molecule has 5 aromatic carbocycles. The Morgan fingerprint density at radius 2 is 1.05 bits per heavy atom. The summed E-state index contributed by atoms with van der Waals surface area (Å²) in [6.07, 6.45) is 9.99. The molecule has 0 spiro atoms. The Hall–Kier alpha value is -7.12. The second-order valence-corrected chi connectivity index (χ2v) is 17.6. The Bertz CT molecular complexity index is 2850.